The molecule has 9 rings (SSSR count). The van der Waals surface area contributed by atoms with Gasteiger partial charge in [-0.15, -0.1) is 0 Å². The highest BCUT2D eigenvalue weighted by molar-refractivity contribution is 6.13. The lowest BCUT2D eigenvalue weighted by Gasteiger charge is -2.23. The molecule has 51 heavy (non-hydrogen) atoms. The molecule has 0 bridgehead atoms. The van der Waals surface area contributed by atoms with Gasteiger partial charge in [0.15, 0.2) is 5.84 Å². The second kappa shape index (κ2) is 12.1. The fourth-order valence-corrected chi connectivity index (χ4v) is 7.53. The summed E-state index contributed by atoms with van der Waals surface area (Å²) >= 11 is 0. The lowest BCUT2D eigenvalue weighted by molar-refractivity contribution is 0.660. The van der Waals surface area contributed by atoms with Crippen LogP contribution in [-0.2, 0) is 5.41 Å². The van der Waals surface area contributed by atoms with Crippen LogP contribution in [0.2, 0.25) is 0 Å². The molecule has 0 amide bonds. The monoisotopic (exact) mass is 654 g/mol. The average molecular weight is 655 g/mol. The summed E-state index contributed by atoms with van der Waals surface area (Å²) in [6, 6.07) is 57.7. The third-order valence-electron chi connectivity index (χ3n) is 10.4. The molecule has 1 unspecified atom stereocenters. The van der Waals surface area contributed by atoms with Gasteiger partial charge in [-0.2, -0.15) is 5.26 Å². The van der Waals surface area contributed by atoms with E-state index in [-0.39, 0.29) is 11.6 Å². The molecular weight excluding hydrogens is 621 g/mol. The maximum Gasteiger partial charge on any atom is 0.159 e. The number of hydrogen-bond donors (Lipinski definition) is 1. The van der Waals surface area contributed by atoms with Gasteiger partial charge in [0.05, 0.1) is 11.6 Å². The Morgan fingerprint density at radius 3 is 1.78 bits per heavy atom. The van der Waals surface area contributed by atoms with Gasteiger partial charge in [0.1, 0.15) is 12.0 Å². The van der Waals surface area contributed by atoms with E-state index in [4.69, 9.17) is 9.98 Å². The molecule has 4 heteroatoms. The molecule has 7 aromatic carbocycles. The van der Waals surface area contributed by atoms with E-state index in [1.807, 2.05) is 42.5 Å². The molecule has 7 aromatic rings. The van der Waals surface area contributed by atoms with Crippen LogP contribution in [0.5, 0.6) is 0 Å². The Kier molecular flexibility index (Phi) is 7.22. The fourth-order valence-electron chi connectivity index (χ4n) is 7.53. The van der Waals surface area contributed by atoms with Gasteiger partial charge in [0.2, 0.25) is 0 Å². The molecule has 0 fully saturated rings. The number of nitrogens with zero attached hydrogens (tertiary/aromatic N) is 3. The van der Waals surface area contributed by atoms with Crippen LogP contribution < -0.4 is 5.32 Å². The highest BCUT2D eigenvalue weighted by Crippen LogP contribution is 2.50. The SMILES string of the molecule is CC1(C)c2cc(C#N)ccc2-c2ccc(-c3ccc4cc(-c5ccc(C6=NC(c7ccccc7)=NC(c7ccccc7)N6)cc5)ccc4c3)cc21. The summed E-state index contributed by atoms with van der Waals surface area (Å²) in [4.78, 5) is 9.92. The quantitative estimate of drug-likeness (QED) is 0.201. The van der Waals surface area contributed by atoms with Crippen molar-refractivity contribution < 1.29 is 0 Å². The maximum absolute atomic E-state index is 9.50. The first kappa shape index (κ1) is 30.5. The van der Waals surface area contributed by atoms with Crippen molar-refractivity contribution in [3.05, 3.63) is 191 Å². The number of amidine groups is 2. The Bertz CT molecular complexity index is 2570. The van der Waals surface area contributed by atoms with E-state index in [1.165, 1.54) is 49.7 Å². The zero-order chi connectivity index (χ0) is 34.5. The minimum absolute atomic E-state index is 0.171. The van der Waals surface area contributed by atoms with Gasteiger partial charge < -0.3 is 5.32 Å². The van der Waals surface area contributed by atoms with Crippen molar-refractivity contribution in [2.45, 2.75) is 25.4 Å². The van der Waals surface area contributed by atoms with Crippen LogP contribution in [-0.4, -0.2) is 11.7 Å². The molecular formula is C47H34N4. The van der Waals surface area contributed by atoms with Gasteiger partial charge in [0.25, 0.3) is 0 Å². The van der Waals surface area contributed by atoms with Crippen LogP contribution in [0.4, 0.5) is 0 Å². The predicted molar refractivity (Wildman–Crippen MR) is 209 cm³/mol. The van der Waals surface area contributed by atoms with Crippen molar-refractivity contribution in [2.75, 3.05) is 0 Å². The Morgan fingerprint density at radius 1 is 0.549 bits per heavy atom. The molecule has 4 nitrogen and oxygen atoms in total. The van der Waals surface area contributed by atoms with Crippen LogP contribution in [0, 0.1) is 11.3 Å². The van der Waals surface area contributed by atoms with E-state index in [0.29, 0.717) is 5.56 Å². The Morgan fingerprint density at radius 2 is 1.10 bits per heavy atom. The molecule has 0 spiro atoms. The van der Waals surface area contributed by atoms with Gasteiger partial charge in [-0.1, -0.05) is 141 Å². The lowest BCUT2D eigenvalue weighted by Crippen LogP contribution is -2.33. The highest BCUT2D eigenvalue weighted by Gasteiger charge is 2.35. The van der Waals surface area contributed by atoms with E-state index in [0.717, 1.165) is 33.9 Å². The maximum atomic E-state index is 9.50. The highest BCUT2D eigenvalue weighted by atomic mass is 15.2. The molecule has 0 saturated heterocycles. The topological polar surface area (TPSA) is 60.5 Å². The standard InChI is InChI=1S/C47H34N4/c1-47(2)42-25-30(29-48)13-23-40(42)41-24-22-39(28-43(41)47)38-21-20-36-26-35(18-19-37(36)27-38)31-14-16-34(17-15-31)46-50-44(32-9-5-3-6-10-32)49-45(51-46)33-11-7-4-8-12-33/h3-28,44H,1-2H3,(H,49,50,51). The predicted octanol–water partition coefficient (Wildman–Crippen LogP) is 10.8. The van der Waals surface area contributed by atoms with E-state index in [1.54, 1.807) is 0 Å². The van der Waals surface area contributed by atoms with Crippen molar-refractivity contribution in [2.24, 2.45) is 9.98 Å². The van der Waals surface area contributed by atoms with Crippen molar-refractivity contribution in [3.8, 4) is 39.4 Å². The van der Waals surface area contributed by atoms with Crippen LogP contribution in [0.25, 0.3) is 44.2 Å². The second-order valence-electron chi connectivity index (χ2n) is 13.8. The van der Waals surface area contributed by atoms with Crippen LogP contribution in [0.1, 0.15) is 53.4 Å². The average Bonchev–Trinajstić information content (AvgIpc) is 3.42. The Labute approximate surface area is 298 Å². The van der Waals surface area contributed by atoms with E-state index >= 15 is 0 Å². The number of benzene rings is 7. The minimum atomic E-state index is -0.226. The number of hydrogen-bond acceptors (Lipinski definition) is 4. The molecule has 1 aliphatic heterocycles. The van der Waals surface area contributed by atoms with Gasteiger partial charge in [-0.25, -0.2) is 9.98 Å². The smallest absolute Gasteiger partial charge is 0.159 e. The molecule has 242 valence electrons. The molecule has 1 atom stereocenters. The zero-order valence-electron chi connectivity index (χ0n) is 28.4. The number of rotatable bonds is 5. The largest absolute Gasteiger partial charge is 0.344 e. The molecule has 0 saturated carbocycles. The normalized spacial score (nSPS) is 15.6. The third-order valence-corrected chi connectivity index (χ3v) is 10.4. The number of nitriles is 1. The molecule has 0 aromatic heterocycles. The second-order valence-corrected chi connectivity index (χ2v) is 13.8. The van der Waals surface area contributed by atoms with Gasteiger partial charge in [0, 0.05) is 16.5 Å². The summed E-state index contributed by atoms with van der Waals surface area (Å²) in [5.41, 5.74) is 13.4. The Hall–Kier alpha value is -6.57. The Balaban J connectivity index is 0.990. The zero-order valence-corrected chi connectivity index (χ0v) is 28.4. The van der Waals surface area contributed by atoms with Crippen LogP contribution >= 0.6 is 0 Å². The van der Waals surface area contributed by atoms with E-state index in [2.05, 4.69) is 140 Å². The first-order chi connectivity index (χ1) is 24.9. The molecule has 0 radical (unpaired) electrons. The fraction of sp³-hybridized carbons (Fsp3) is 0.0851. The summed E-state index contributed by atoms with van der Waals surface area (Å²) in [6.07, 6.45) is -0.226. The number of fused-ring (bicyclic) bond motifs is 4. The van der Waals surface area contributed by atoms with Crippen LogP contribution in [0.15, 0.2) is 168 Å². The van der Waals surface area contributed by atoms with Gasteiger partial charge in [-0.05, 0) is 91.2 Å². The molecule has 1 N–H and O–H groups in total. The number of aliphatic imine (C=N–C) groups is 2. The summed E-state index contributed by atoms with van der Waals surface area (Å²) in [6.45, 7) is 4.52. The van der Waals surface area contributed by atoms with Crippen molar-refractivity contribution in [1.82, 2.24) is 5.32 Å². The van der Waals surface area contributed by atoms with E-state index < -0.39 is 0 Å². The minimum Gasteiger partial charge on any atom is -0.344 e. The van der Waals surface area contributed by atoms with Crippen LogP contribution in [0.3, 0.4) is 0 Å². The first-order valence-electron chi connectivity index (χ1n) is 17.3. The van der Waals surface area contributed by atoms with E-state index in [9.17, 15) is 5.26 Å². The summed E-state index contributed by atoms with van der Waals surface area (Å²) in [5, 5.41) is 15.5. The molecule has 2 aliphatic rings. The van der Waals surface area contributed by atoms with Crippen molar-refractivity contribution in [1.29, 1.82) is 5.26 Å². The van der Waals surface area contributed by atoms with Crippen molar-refractivity contribution in [3.63, 3.8) is 0 Å². The molecule has 1 heterocycles. The third kappa shape index (κ3) is 5.41. The number of nitrogens with one attached hydrogen (secondary N) is 1. The lowest BCUT2D eigenvalue weighted by atomic mass is 9.81. The summed E-state index contributed by atoms with van der Waals surface area (Å²) in [5.74, 6) is 1.53. The van der Waals surface area contributed by atoms with Gasteiger partial charge in [-0.3, -0.25) is 0 Å². The summed E-state index contributed by atoms with van der Waals surface area (Å²) in [7, 11) is 0. The molecule has 1 aliphatic carbocycles. The first-order valence-corrected chi connectivity index (χ1v) is 17.3. The summed E-state index contributed by atoms with van der Waals surface area (Å²) < 4.78 is 0. The van der Waals surface area contributed by atoms with Crippen molar-refractivity contribution >= 4 is 22.4 Å². The van der Waals surface area contributed by atoms with Gasteiger partial charge >= 0.3 is 0 Å².